The summed E-state index contributed by atoms with van der Waals surface area (Å²) in [5.41, 5.74) is 0. The molecule has 2 aliphatic rings. The van der Waals surface area contributed by atoms with Crippen molar-refractivity contribution in [1.82, 2.24) is 5.32 Å². The lowest BCUT2D eigenvalue weighted by Crippen LogP contribution is -2.39. The van der Waals surface area contributed by atoms with E-state index in [1.807, 2.05) is 0 Å². The maximum Gasteiger partial charge on any atom is 0.0249 e. The Kier molecular flexibility index (Phi) is 1.46. The van der Waals surface area contributed by atoms with Gasteiger partial charge in [-0.3, -0.25) is 0 Å². The molecule has 0 amide bonds. The molecule has 2 saturated heterocycles. The zero-order valence-corrected chi connectivity index (χ0v) is 5.84. The molecule has 9 heavy (non-hydrogen) atoms. The first-order valence-electron chi connectivity index (χ1n) is 4.15. The van der Waals surface area contributed by atoms with Crippen molar-refractivity contribution >= 4 is 0 Å². The first-order chi connectivity index (χ1) is 4.45. The molecule has 0 saturated carbocycles. The van der Waals surface area contributed by atoms with Crippen LogP contribution in [0.25, 0.3) is 0 Å². The average Bonchev–Trinajstić information content (AvgIpc) is 1.88. The second-order valence-electron chi connectivity index (χ2n) is 3.32. The lowest BCUT2D eigenvalue weighted by atomic mass is 9.87. The third-order valence-electron chi connectivity index (χ3n) is 2.57. The van der Waals surface area contributed by atoms with Gasteiger partial charge in [-0.15, -0.1) is 0 Å². The molecule has 1 nitrogen and oxygen atoms in total. The first-order valence-corrected chi connectivity index (χ1v) is 4.15. The van der Waals surface area contributed by atoms with Crippen molar-refractivity contribution < 1.29 is 0 Å². The summed E-state index contributed by atoms with van der Waals surface area (Å²) in [6, 6.07) is 1.55. The van der Waals surface area contributed by atoms with Gasteiger partial charge in [0.2, 0.25) is 0 Å². The highest BCUT2D eigenvalue weighted by Crippen LogP contribution is 2.26. The molecule has 2 aliphatic heterocycles. The van der Waals surface area contributed by atoms with E-state index in [1.165, 1.54) is 38.5 Å². The average molecular weight is 124 g/mol. The third-order valence-corrected chi connectivity index (χ3v) is 2.57. The predicted molar refractivity (Wildman–Crippen MR) is 37.4 cm³/mol. The Morgan fingerprint density at radius 3 is 1.56 bits per heavy atom. The highest BCUT2D eigenvalue weighted by Gasteiger charge is 2.25. The third kappa shape index (κ3) is 1.11. The fraction of sp³-hybridized carbons (Fsp3) is 1.00. The summed E-state index contributed by atoms with van der Waals surface area (Å²) in [4.78, 5) is 0. The minimum atomic E-state index is 0.775. The van der Waals surface area contributed by atoms with E-state index in [0.29, 0.717) is 0 Å². The molecular weight excluding hydrogens is 110 g/mol. The number of hydrogen-bond acceptors (Lipinski definition) is 0. The standard InChI is InChI=1S/C8H14N/c1-3-7-5-2-6-8(4-1)9-7/h7-8H,1-6H2. The Bertz CT molecular complexity index is 80.7. The van der Waals surface area contributed by atoms with Crippen LogP contribution in [0.5, 0.6) is 0 Å². The topological polar surface area (TPSA) is 14.1 Å². The van der Waals surface area contributed by atoms with Crippen molar-refractivity contribution in [2.75, 3.05) is 0 Å². The van der Waals surface area contributed by atoms with E-state index in [-0.39, 0.29) is 0 Å². The molecular formula is C8H14N. The summed E-state index contributed by atoms with van der Waals surface area (Å²) in [5.74, 6) is 0. The first kappa shape index (κ1) is 5.72. The number of piperidine rings is 2. The van der Waals surface area contributed by atoms with Crippen LogP contribution in [0.3, 0.4) is 0 Å². The van der Waals surface area contributed by atoms with Crippen LogP contribution in [0.1, 0.15) is 38.5 Å². The minimum absolute atomic E-state index is 0.775. The van der Waals surface area contributed by atoms with Gasteiger partial charge in [-0.2, -0.15) is 0 Å². The van der Waals surface area contributed by atoms with Crippen molar-refractivity contribution in [3.05, 3.63) is 0 Å². The summed E-state index contributed by atoms with van der Waals surface area (Å²) >= 11 is 0. The van der Waals surface area contributed by atoms with Gasteiger partial charge in [0.15, 0.2) is 0 Å². The number of hydrogen-bond donors (Lipinski definition) is 0. The Hall–Kier alpha value is -0.0400. The van der Waals surface area contributed by atoms with Crippen molar-refractivity contribution in [2.24, 2.45) is 0 Å². The van der Waals surface area contributed by atoms with Gasteiger partial charge in [-0.25, -0.2) is 5.32 Å². The molecule has 2 fully saturated rings. The maximum absolute atomic E-state index is 4.69. The van der Waals surface area contributed by atoms with E-state index in [1.54, 1.807) is 0 Å². The lowest BCUT2D eigenvalue weighted by molar-refractivity contribution is 0.236. The van der Waals surface area contributed by atoms with Gasteiger partial charge in [0, 0.05) is 12.1 Å². The number of fused-ring (bicyclic) bond motifs is 2. The van der Waals surface area contributed by atoms with Crippen LogP contribution in [0.4, 0.5) is 0 Å². The molecule has 0 aromatic carbocycles. The molecule has 0 aromatic rings. The second-order valence-corrected chi connectivity index (χ2v) is 3.32. The molecule has 0 N–H and O–H groups in total. The summed E-state index contributed by atoms with van der Waals surface area (Å²) in [7, 11) is 0. The summed E-state index contributed by atoms with van der Waals surface area (Å²) in [6.45, 7) is 0. The van der Waals surface area contributed by atoms with Crippen molar-refractivity contribution in [2.45, 2.75) is 50.6 Å². The fourth-order valence-corrected chi connectivity index (χ4v) is 2.06. The van der Waals surface area contributed by atoms with Gasteiger partial charge < -0.3 is 0 Å². The van der Waals surface area contributed by atoms with Crippen LogP contribution in [0.2, 0.25) is 0 Å². The number of rotatable bonds is 0. The number of nitrogens with zero attached hydrogens (tertiary/aromatic N) is 1. The van der Waals surface area contributed by atoms with Crippen LogP contribution in [-0.2, 0) is 0 Å². The van der Waals surface area contributed by atoms with Gasteiger partial charge in [-0.05, 0) is 25.7 Å². The van der Waals surface area contributed by atoms with Gasteiger partial charge in [0.1, 0.15) is 0 Å². The van der Waals surface area contributed by atoms with E-state index in [9.17, 15) is 0 Å². The van der Waals surface area contributed by atoms with Gasteiger partial charge in [-0.1, -0.05) is 12.8 Å². The maximum atomic E-state index is 4.69. The Labute approximate surface area is 56.8 Å². The molecule has 0 unspecified atom stereocenters. The highest BCUT2D eigenvalue weighted by molar-refractivity contribution is 4.84. The quantitative estimate of drug-likeness (QED) is 0.466. The van der Waals surface area contributed by atoms with Crippen molar-refractivity contribution in [3.8, 4) is 0 Å². The predicted octanol–water partition coefficient (Wildman–Crippen LogP) is 1.70. The molecule has 0 spiro atoms. The molecule has 51 valence electrons. The molecule has 0 atom stereocenters. The Balaban J connectivity index is 1.96. The van der Waals surface area contributed by atoms with Gasteiger partial charge >= 0.3 is 0 Å². The molecule has 0 aromatic heterocycles. The molecule has 2 bridgehead atoms. The van der Waals surface area contributed by atoms with Crippen LogP contribution in [0.15, 0.2) is 0 Å². The normalized spacial score (nSPS) is 42.7. The lowest BCUT2D eigenvalue weighted by Gasteiger charge is -2.33. The largest absolute Gasteiger partial charge is 0.235 e. The zero-order valence-electron chi connectivity index (χ0n) is 5.84. The van der Waals surface area contributed by atoms with E-state index in [0.717, 1.165) is 12.1 Å². The fourth-order valence-electron chi connectivity index (χ4n) is 2.06. The van der Waals surface area contributed by atoms with E-state index < -0.39 is 0 Å². The molecule has 1 radical (unpaired) electrons. The second kappa shape index (κ2) is 2.30. The minimum Gasteiger partial charge on any atom is -0.235 e. The summed E-state index contributed by atoms with van der Waals surface area (Å²) in [5, 5.41) is 4.69. The van der Waals surface area contributed by atoms with E-state index in [2.05, 4.69) is 5.32 Å². The van der Waals surface area contributed by atoms with Crippen LogP contribution in [0, 0.1) is 0 Å². The Morgan fingerprint density at radius 1 is 0.778 bits per heavy atom. The SMILES string of the molecule is C1CC2CCCC(C1)[N]2. The molecule has 2 heterocycles. The molecule has 0 aliphatic carbocycles. The van der Waals surface area contributed by atoms with Crippen molar-refractivity contribution in [1.29, 1.82) is 0 Å². The van der Waals surface area contributed by atoms with Gasteiger partial charge in [0.25, 0.3) is 0 Å². The van der Waals surface area contributed by atoms with Crippen LogP contribution >= 0.6 is 0 Å². The van der Waals surface area contributed by atoms with Crippen LogP contribution in [-0.4, -0.2) is 12.1 Å². The van der Waals surface area contributed by atoms with Crippen molar-refractivity contribution in [3.63, 3.8) is 0 Å². The Morgan fingerprint density at radius 2 is 1.22 bits per heavy atom. The molecule has 2 rings (SSSR count). The van der Waals surface area contributed by atoms with Crippen LogP contribution < -0.4 is 5.32 Å². The van der Waals surface area contributed by atoms with Gasteiger partial charge in [0.05, 0.1) is 0 Å². The zero-order chi connectivity index (χ0) is 6.10. The molecule has 1 heteroatoms. The summed E-state index contributed by atoms with van der Waals surface area (Å²) < 4.78 is 0. The highest BCUT2D eigenvalue weighted by atomic mass is 15.0. The van der Waals surface area contributed by atoms with E-state index >= 15 is 0 Å². The summed E-state index contributed by atoms with van der Waals surface area (Å²) in [6.07, 6.45) is 8.43. The monoisotopic (exact) mass is 124 g/mol. The van der Waals surface area contributed by atoms with E-state index in [4.69, 9.17) is 0 Å². The smallest absolute Gasteiger partial charge is 0.0249 e.